The minimum atomic E-state index is 0.459. The topological polar surface area (TPSA) is 41.1 Å². The molecule has 2 aromatic rings. The third kappa shape index (κ3) is 2.90. The molecule has 1 aromatic carbocycles. The maximum absolute atomic E-state index is 4.82. The molecule has 122 valence electrons. The lowest BCUT2D eigenvalue weighted by molar-refractivity contribution is 0.703. The van der Waals surface area contributed by atoms with E-state index in [-0.39, 0.29) is 0 Å². The van der Waals surface area contributed by atoms with Gasteiger partial charge in [-0.2, -0.15) is 4.98 Å². The normalized spacial score (nSPS) is 13.6. The fourth-order valence-corrected chi connectivity index (χ4v) is 3.50. The lowest BCUT2D eigenvalue weighted by Gasteiger charge is -2.23. The Morgan fingerprint density at radius 3 is 2.30 bits per heavy atom. The van der Waals surface area contributed by atoms with Crippen LogP contribution in [0.4, 0.5) is 17.5 Å². The predicted molar refractivity (Wildman–Crippen MR) is 96.9 cm³/mol. The second kappa shape index (κ2) is 5.84. The van der Waals surface area contributed by atoms with Gasteiger partial charge in [0.05, 0.1) is 0 Å². The Bertz CT molecular complexity index is 726. The van der Waals surface area contributed by atoms with Crippen LogP contribution in [0.1, 0.15) is 41.8 Å². The molecule has 23 heavy (non-hydrogen) atoms. The Kier molecular flexibility index (Phi) is 4.00. The molecule has 2 heterocycles. The van der Waals surface area contributed by atoms with Crippen molar-refractivity contribution < 1.29 is 0 Å². The lowest BCUT2D eigenvalue weighted by atomic mass is 10.1. The second-order valence-corrected chi connectivity index (χ2v) is 6.87. The first-order chi connectivity index (χ1) is 10.9. The summed E-state index contributed by atoms with van der Waals surface area (Å²) < 4.78 is 0. The zero-order valence-corrected chi connectivity index (χ0v) is 15.0. The number of aromatic nitrogens is 2. The quantitative estimate of drug-likeness (QED) is 0.921. The van der Waals surface area contributed by atoms with Crippen LogP contribution < -0.4 is 10.2 Å². The molecular weight excluding hydrogens is 284 g/mol. The molecule has 0 atom stereocenters. The van der Waals surface area contributed by atoms with E-state index in [1.54, 1.807) is 0 Å². The fourth-order valence-electron chi connectivity index (χ4n) is 3.50. The molecule has 0 radical (unpaired) electrons. The van der Waals surface area contributed by atoms with E-state index in [2.05, 4.69) is 68.9 Å². The Labute approximate surface area is 139 Å². The highest BCUT2D eigenvalue weighted by Gasteiger charge is 2.26. The lowest BCUT2D eigenvalue weighted by Crippen LogP contribution is -2.29. The monoisotopic (exact) mass is 310 g/mol. The van der Waals surface area contributed by atoms with Crippen LogP contribution >= 0.6 is 0 Å². The molecule has 4 nitrogen and oxygen atoms in total. The molecule has 1 aliphatic rings. The SMILES string of the molecule is Cc1cc(C)c(Nc2nc(C)c3c(n2)N(C(C)C)CC3)c(C)c1. The molecule has 0 aliphatic carbocycles. The van der Waals surface area contributed by atoms with Crippen molar-refractivity contribution in [3.63, 3.8) is 0 Å². The standard InChI is InChI=1S/C19H26N4/c1-11(2)23-8-7-16-15(6)20-19(22-18(16)23)21-17-13(4)9-12(3)10-14(17)5/h9-11H,7-8H2,1-6H3,(H,20,21,22). The molecule has 0 fully saturated rings. The van der Waals surface area contributed by atoms with E-state index in [1.165, 1.54) is 22.3 Å². The highest BCUT2D eigenvalue weighted by molar-refractivity contribution is 5.66. The van der Waals surface area contributed by atoms with Crippen molar-refractivity contribution in [3.05, 3.63) is 40.1 Å². The number of hydrogen-bond acceptors (Lipinski definition) is 4. The van der Waals surface area contributed by atoms with Gasteiger partial charge in [0, 0.05) is 29.5 Å². The van der Waals surface area contributed by atoms with Crippen molar-refractivity contribution in [1.82, 2.24) is 9.97 Å². The molecule has 0 spiro atoms. The van der Waals surface area contributed by atoms with Crippen LogP contribution in [0.3, 0.4) is 0 Å². The number of hydrogen-bond donors (Lipinski definition) is 1. The predicted octanol–water partition coefficient (Wildman–Crippen LogP) is 4.22. The number of fused-ring (bicyclic) bond motifs is 1. The van der Waals surface area contributed by atoms with Gasteiger partial charge in [-0.05, 0) is 59.1 Å². The summed E-state index contributed by atoms with van der Waals surface area (Å²) in [6, 6.07) is 4.84. The smallest absolute Gasteiger partial charge is 0.229 e. The molecule has 0 bridgehead atoms. The van der Waals surface area contributed by atoms with E-state index in [0.29, 0.717) is 12.0 Å². The van der Waals surface area contributed by atoms with Crippen LogP contribution in [0.5, 0.6) is 0 Å². The Morgan fingerprint density at radius 1 is 1.04 bits per heavy atom. The van der Waals surface area contributed by atoms with E-state index in [9.17, 15) is 0 Å². The zero-order chi connectivity index (χ0) is 16.7. The molecule has 0 saturated carbocycles. The van der Waals surface area contributed by atoms with Crippen molar-refractivity contribution in [2.45, 2.75) is 54.0 Å². The van der Waals surface area contributed by atoms with Gasteiger partial charge in [-0.3, -0.25) is 0 Å². The summed E-state index contributed by atoms with van der Waals surface area (Å²) in [5.41, 5.74) is 7.23. The van der Waals surface area contributed by atoms with Crippen molar-refractivity contribution in [1.29, 1.82) is 0 Å². The van der Waals surface area contributed by atoms with Crippen molar-refractivity contribution in [3.8, 4) is 0 Å². The average molecular weight is 310 g/mol. The van der Waals surface area contributed by atoms with Crippen LogP contribution in [0.25, 0.3) is 0 Å². The van der Waals surface area contributed by atoms with Gasteiger partial charge >= 0.3 is 0 Å². The first-order valence-electron chi connectivity index (χ1n) is 8.36. The fraction of sp³-hybridized carbons (Fsp3) is 0.474. The molecule has 1 N–H and O–H groups in total. The van der Waals surface area contributed by atoms with Crippen LogP contribution in [0.2, 0.25) is 0 Å². The van der Waals surface area contributed by atoms with Gasteiger partial charge in [0.25, 0.3) is 0 Å². The van der Waals surface area contributed by atoms with E-state index in [0.717, 1.165) is 30.2 Å². The molecule has 1 aromatic heterocycles. The van der Waals surface area contributed by atoms with Gasteiger partial charge in [-0.25, -0.2) is 4.98 Å². The highest BCUT2D eigenvalue weighted by atomic mass is 15.3. The summed E-state index contributed by atoms with van der Waals surface area (Å²) in [6.45, 7) is 13.9. The summed E-state index contributed by atoms with van der Waals surface area (Å²) in [5.74, 6) is 1.79. The van der Waals surface area contributed by atoms with Crippen LogP contribution in [0, 0.1) is 27.7 Å². The van der Waals surface area contributed by atoms with Crippen LogP contribution in [-0.2, 0) is 6.42 Å². The van der Waals surface area contributed by atoms with E-state index < -0.39 is 0 Å². The van der Waals surface area contributed by atoms with Gasteiger partial charge < -0.3 is 10.2 Å². The number of rotatable bonds is 3. The number of nitrogens with one attached hydrogen (secondary N) is 1. The molecule has 1 aliphatic heterocycles. The van der Waals surface area contributed by atoms with Crippen LogP contribution in [0.15, 0.2) is 12.1 Å². The van der Waals surface area contributed by atoms with Crippen molar-refractivity contribution in [2.75, 3.05) is 16.8 Å². The Morgan fingerprint density at radius 2 is 1.70 bits per heavy atom. The molecule has 0 amide bonds. The average Bonchev–Trinajstić information content (AvgIpc) is 2.87. The van der Waals surface area contributed by atoms with Crippen molar-refractivity contribution in [2.24, 2.45) is 0 Å². The minimum absolute atomic E-state index is 0.459. The highest BCUT2D eigenvalue weighted by Crippen LogP contribution is 2.32. The summed E-state index contributed by atoms with van der Waals surface area (Å²) in [4.78, 5) is 11.9. The maximum Gasteiger partial charge on any atom is 0.229 e. The third-order valence-electron chi connectivity index (χ3n) is 4.60. The first kappa shape index (κ1) is 15.8. The first-order valence-corrected chi connectivity index (χ1v) is 8.36. The van der Waals surface area contributed by atoms with Gasteiger partial charge in [0.2, 0.25) is 5.95 Å². The summed E-state index contributed by atoms with van der Waals surface area (Å²) in [7, 11) is 0. The second-order valence-electron chi connectivity index (χ2n) is 6.87. The Hall–Kier alpha value is -2.10. The zero-order valence-electron chi connectivity index (χ0n) is 15.0. The molecule has 0 unspecified atom stereocenters. The number of benzene rings is 1. The van der Waals surface area contributed by atoms with Crippen LogP contribution in [-0.4, -0.2) is 22.6 Å². The largest absolute Gasteiger partial charge is 0.353 e. The minimum Gasteiger partial charge on any atom is -0.353 e. The van der Waals surface area contributed by atoms with E-state index >= 15 is 0 Å². The van der Waals surface area contributed by atoms with Gasteiger partial charge in [-0.15, -0.1) is 0 Å². The van der Waals surface area contributed by atoms with E-state index in [4.69, 9.17) is 4.98 Å². The number of nitrogens with zero attached hydrogens (tertiary/aromatic N) is 3. The molecule has 4 heteroatoms. The molecule has 3 rings (SSSR count). The summed E-state index contributed by atoms with van der Waals surface area (Å²) in [5, 5.41) is 3.45. The van der Waals surface area contributed by atoms with Gasteiger partial charge in [-0.1, -0.05) is 17.7 Å². The van der Waals surface area contributed by atoms with Crippen molar-refractivity contribution >= 4 is 17.5 Å². The summed E-state index contributed by atoms with van der Waals surface area (Å²) >= 11 is 0. The summed E-state index contributed by atoms with van der Waals surface area (Å²) in [6.07, 6.45) is 1.04. The van der Waals surface area contributed by atoms with Gasteiger partial charge in [0.15, 0.2) is 0 Å². The number of anilines is 3. The molecule has 0 saturated heterocycles. The third-order valence-corrected chi connectivity index (χ3v) is 4.60. The van der Waals surface area contributed by atoms with E-state index in [1.807, 2.05) is 0 Å². The maximum atomic E-state index is 4.82. The van der Waals surface area contributed by atoms with Gasteiger partial charge in [0.1, 0.15) is 5.82 Å². The number of aryl methyl sites for hydroxylation is 4. The Balaban J connectivity index is 2.00. The molecular formula is C19H26N4.